The van der Waals surface area contributed by atoms with Crippen molar-refractivity contribution in [1.29, 1.82) is 0 Å². The van der Waals surface area contributed by atoms with Crippen LogP contribution in [0.25, 0.3) is 5.69 Å². The standard InChI is InChI=1S/C16H19ClFN3O4S/c1-26(22,23)20-14-3-2-6-24-16(14)10-25-15-5-4-12(7-13(15)18)21-9-11(17)8-19-21/h4-5,7-9,14,16,20H,2-3,6,10H2,1H3. The number of aromatic nitrogens is 2. The predicted octanol–water partition coefficient (Wildman–Crippen LogP) is 2.14. The first-order valence-electron chi connectivity index (χ1n) is 8.03. The van der Waals surface area contributed by atoms with Crippen LogP contribution < -0.4 is 9.46 Å². The molecule has 2 unspecified atom stereocenters. The maximum Gasteiger partial charge on any atom is 0.209 e. The summed E-state index contributed by atoms with van der Waals surface area (Å²) in [6.45, 7) is 0.550. The van der Waals surface area contributed by atoms with E-state index in [4.69, 9.17) is 21.1 Å². The molecule has 10 heteroatoms. The Morgan fingerprint density at radius 3 is 2.96 bits per heavy atom. The lowest BCUT2D eigenvalue weighted by molar-refractivity contribution is -0.0284. The van der Waals surface area contributed by atoms with Crippen molar-refractivity contribution in [2.75, 3.05) is 19.5 Å². The maximum atomic E-state index is 14.3. The molecule has 2 aromatic rings. The van der Waals surface area contributed by atoms with Crippen LogP contribution >= 0.6 is 11.6 Å². The highest BCUT2D eigenvalue weighted by atomic mass is 35.5. The smallest absolute Gasteiger partial charge is 0.209 e. The van der Waals surface area contributed by atoms with Crippen LogP contribution in [0.4, 0.5) is 4.39 Å². The molecule has 0 aliphatic carbocycles. The lowest BCUT2D eigenvalue weighted by Gasteiger charge is -2.31. The summed E-state index contributed by atoms with van der Waals surface area (Å²) in [5.74, 6) is -0.503. The van der Waals surface area contributed by atoms with Crippen LogP contribution in [0.15, 0.2) is 30.6 Å². The van der Waals surface area contributed by atoms with E-state index in [-0.39, 0.29) is 12.4 Å². The Hall–Kier alpha value is -1.68. The summed E-state index contributed by atoms with van der Waals surface area (Å²) in [5, 5.41) is 4.46. The Labute approximate surface area is 156 Å². The first-order chi connectivity index (χ1) is 12.3. The number of hydrogen-bond donors (Lipinski definition) is 1. The van der Waals surface area contributed by atoms with Crippen LogP contribution in [-0.2, 0) is 14.8 Å². The van der Waals surface area contributed by atoms with E-state index >= 15 is 0 Å². The van der Waals surface area contributed by atoms with E-state index in [2.05, 4.69) is 9.82 Å². The molecule has 3 rings (SSSR count). The minimum atomic E-state index is -3.36. The monoisotopic (exact) mass is 403 g/mol. The van der Waals surface area contributed by atoms with Gasteiger partial charge in [-0.05, 0) is 25.0 Å². The van der Waals surface area contributed by atoms with Gasteiger partial charge >= 0.3 is 0 Å². The minimum Gasteiger partial charge on any atom is -0.488 e. The summed E-state index contributed by atoms with van der Waals surface area (Å²) in [6.07, 6.45) is 5.02. The van der Waals surface area contributed by atoms with Crippen molar-refractivity contribution in [2.24, 2.45) is 0 Å². The Bertz CT molecular complexity index is 874. The molecule has 142 valence electrons. The summed E-state index contributed by atoms with van der Waals surface area (Å²) >= 11 is 5.81. The van der Waals surface area contributed by atoms with Gasteiger partial charge in [-0.15, -0.1) is 0 Å². The van der Waals surface area contributed by atoms with Gasteiger partial charge in [-0.1, -0.05) is 11.6 Å². The summed E-state index contributed by atoms with van der Waals surface area (Å²) in [5.41, 5.74) is 0.507. The molecular formula is C16H19ClFN3O4S. The van der Waals surface area contributed by atoms with Crippen molar-refractivity contribution in [3.8, 4) is 11.4 Å². The van der Waals surface area contributed by atoms with Crippen molar-refractivity contribution in [2.45, 2.75) is 25.0 Å². The third-order valence-corrected chi connectivity index (χ3v) is 4.87. The second-order valence-electron chi connectivity index (χ2n) is 6.08. The average Bonchev–Trinajstić information content (AvgIpc) is 3.00. The van der Waals surface area contributed by atoms with Crippen LogP contribution in [0, 0.1) is 5.82 Å². The van der Waals surface area contributed by atoms with Crippen LogP contribution in [0.2, 0.25) is 5.02 Å². The van der Waals surface area contributed by atoms with Gasteiger partial charge in [-0.25, -0.2) is 22.2 Å². The molecule has 1 aliphatic rings. The zero-order valence-corrected chi connectivity index (χ0v) is 15.6. The zero-order valence-electron chi connectivity index (χ0n) is 14.1. The van der Waals surface area contributed by atoms with E-state index in [1.807, 2.05) is 0 Å². The quantitative estimate of drug-likeness (QED) is 0.799. The molecule has 1 aliphatic heterocycles. The van der Waals surface area contributed by atoms with E-state index in [0.717, 1.165) is 12.7 Å². The molecule has 7 nitrogen and oxygen atoms in total. The van der Waals surface area contributed by atoms with E-state index in [1.54, 1.807) is 12.3 Å². The highest BCUT2D eigenvalue weighted by Gasteiger charge is 2.29. The molecule has 26 heavy (non-hydrogen) atoms. The van der Waals surface area contributed by atoms with Crippen molar-refractivity contribution < 1.29 is 22.3 Å². The summed E-state index contributed by atoms with van der Waals surface area (Å²) in [7, 11) is -3.36. The number of nitrogens with one attached hydrogen (secondary N) is 1. The average molecular weight is 404 g/mol. The highest BCUT2D eigenvalue weighted by molar-refractivity contribution is 7.88. The molecule has 0 bridgehead atoms. The van der Waals surface area contributed by atoms with E-state index < -0.39 is 28.0 Å². The molecule has 1 saturated heterocycles. The van der Waals surface area contributed by atoms with Gasteiger partial charge in [0, 0.05) is 18.9 Å². The molecule has 0 saturated carbocycles. The lowest BCUT2D eigenvalue weighted by Crippen LogP contribution is -2.49. The Morgan fingerprint density at radius 2 is 2.31 bits per heavy atom. The van der Waals surface area contributed by atoms with Crippen molar-refractivity contribution in [3.05, 3.63) is 41.4 Å². The van der Waals surface area contributed by atoms with Gasteiger partial charge in [0.15, 0.2) is 11.6 Å². The predicted molar refractivity (Wildman–Crippen MR) is 94.8 cm³/mol. The molecule has 1 aromatic heterocycles. The largest absolute Gasteiger partial charge is 0.488 e. The summed E-state index contributed by atoms with van der Waals surface area (Å²) in [6, 6.07) is 4.03. The fraction of sp³-hybridized carbons (Fsp3) is 0.438. The lowest BCUT2D eigenvalue weighted by atomic mass is 10.0. The Kier molecular flexibility index (Phi) is 5.81. The third-order valence-electron chi connectivity index (χ3n) is 3.94. The third kappa shape index (κ3) is 4.94. The minimum absolute atomic E-state index is 0.0387. The maximum absolute atomic E-state index is 14.3. The van der Waals surface area contributed by atoms with Crippen LogP contribution in [0.1, 0.15) is 12.8 Å². The second-order valence-corrected chi connectivity index (χ2v) is 8.29. The number of sulfonamides is 1. The topological polar surface area (TPSA) is 82.5 Å². The zero-order chi connectivity index (χ0) is 18.7. The Balaban J connectivity index is 1.66. The number of halogens is 2. The number of nitrogens with zero attached hydrogens (tertiary/aromatic N) is 2. The van der Waals surface area contributed by atoms with Gasteiger partial charge in [0.25, 0.3) is 0 Å². The fourth-order valence-corrected chi connectivity index (χ4v) is 3.73. The second kappa shape index (κ2) is 7.91. The molecule has 0 amide bonds. The van der Waals surface area contributed by atoms with E-state index in [0.29, 0.717) is 23.7 Å². The van der Waals surface area contributed by atoms with Crippen LogP contribution in [0.5, 0.6) is 5.75 Å². The molecule has 0 radical (unpaired) electrons. The molecular weight excluding hydrogens is 385 g/mol. The van der Waals surface area contributed by atoms with Crippen molar-refractivity contribution in [1.82, 2.24) is 14.5 Å². The summed E-state index contributed by atoms with van der Waals surface area (Å²) < 4.78 is 52.3. The number of rotatable bonds is 6. The first kappa shape index (κ1) is 19.1. The van der Waals surface area contributed by atoms with Gasteiger partial charge in [-0.2, -0.15) is 5.10 Å². The van der Waals surface area contributed by atoms with E-state index in [1.165, 1.54) is 23.0 Å². The normalized spacial score (nSPS) is 20.9. The van der Waals surface area contributed by atoms with Crippen LogP contribution in [-0.4, -0.2) is 49.8 Å². The van der Waals surface area contributed by atoms with Gasteiger partial charge in [0.2, 0.25) is 10.0 Å². The van der Waals surface area contributed by atoms with Gasteiger partial charge in [0.05, 0.1) is 29.2 Å². The first-order valence-corrected chi connectivity index (χ1v) is 10.3. The fourth-order valence-electron chi connectivity index (χ4n) is 2.78. The summed E-state index contributed by atoms with van der Waals surface area (Å²) in [4.78, 5) is 0. The molecule has 1 N–H and O–H groups in total. The van der Waals surface area contributed by atoms with Crippen molar-refractivity contribution >= 4 is 21.6 Å². The van der Waals surface area contributed by atoms with Gasteiger partial charge in [-0.3, -0.25) is 0 Å². The number of benzene rings is 1. The number of ether oxygens (including phenoxy) is 2. The molecule has 1 fully saturated rings. The van der Waals surface area contributed by atoms with Crippen LogP contribution in [0.3, 0.4) is 0 Å². The van der Waals surface area contributed by atoms with Crippen molar-refractivity contribution in [3.63, 3.8) is 0 Å². The number of hydrogen-bond acceptors (Lipinski definition) is 5. The van der Waals surface area contributed by atoms with E-state index in [9.17, 15) is 12.8 Å². The molecule has 2 heterocycles. The molecule has 0 spiro atoms. The van der Waals surface area contributed by atoms with Gasteiger partial charge < -0.3 is 9.47 Å². The van der Waals surface area contributed by atoms with Gasteiger partial charge in [0.1, 0.15) is 12.7 Å². The Morgan fingerprint density at radius 1 is 1.50 bits per heavy atom. The molecule has 2 atom stereocenters. The SMILES string of the molecule is CS(=O)(=O)NC1CCCOC1COc1ccc(-n2cc(Cl)cn2)cc1F. The molecule has 1 aromatic carbocycles. The highest BCUT2D eigenvalue weighted by Crippen LogP contribution is 2.23.